The number of anilines is 1. The highest BCUT2D eigenvalue weighted by molar-refractivity contribution is 7.99. The van der Waals surface area contributed by atoms with Crippen molar-refractivity contribution in [3.8, 4) is 22.9 Å². The number of amides is 1. The molecule has 1 N–H and O–H groups in total. The molecule has 11 heteroatoms. The van der Waals surface area contributed by atoms with E-state index in [0.717, 1.165) is 12.0 Å². The maximum atomic E-state index is 12.4. The first-order valence-electron chi connectivity index (χ1n) is 9.74. The molecule has 0 aliphatic heterocycles. The van der Waals surface area contributed by atoms with Gasteiger partial charge in [-0.15, -0.1) is 10.2 Å². The topological polar surface area (TPSA) is 100 Å². The van der Waals surface area contributed by atoms with Crippen LogP contribution in [0.25, 0.3) is 11.4 Å². The fourth-order valence-electron chi connectivity index (χ4n) is 2.91. The smallest absolute Gasteiger partial charge is 0.236 e. The fourth-order valence-corrected chi connectivity index (χ4v) is 3.79. The van der Waals surface area contributed by atoms with Gasteiger partial charge in [-0.1, -0.05) is 23.4 Å². The van der Waals surface area contributed by atoms with Gasteiger partial charge >= 0.3 is 0 Å². The van der Waals surface area contributed by atoms with E-state index in [1.54, 1.807) is 33.5 Å². The predicted octanol–water partition coefficient (Wildman–Crippen LogP) is 3.78. The van der Waals surface area contributed by atoms with Crippen LogP contribution in [0.4, 0.5) is 5.82 Å². The van der Waals surface area contributed by atoms with Crippen molar-refractivity contribution in [2.24, 2.45) is 0 Å². The number of ether oxygens (including phenoxy) is 3. The summed E-state index contributed by atoms with van der Waals surface area (Å²) in [4.78, 5) is 16.4. The molecule has 0 unspecified atom stereocenters. The van der Waals surface area contributed by atoms with Gasteiger partial charge in [0.25, 0.3) is 0 Å². The SMILES string of the molecule is COCCCn1c(SCC(=O)Nc2ccc(Cl)cn2)nnc1-c1ccc(OC)c(OC)c1. The number of halogens is 1. The number of pyridine rings is 1. The van der Waals surface area contributed by atoms with E-state index in [-0.39, 0.29) is 11.7 Å². The van der Waals surface area contributed by atoms with E-state index in [2.05, 4.69) is 20.5 Å². The van der Waals surface area contributed by atoms with Crippen LogP contribution < -0.4 is 14.8 Å². The van der Waals surface area contributed by atoms with Crippen LogP contribution >= 0.6 is 23.4 Å². The first-order chi connectivity index (χ1) is 15.5. The summed E-state index contributed by atoms with van der Waals surface area (Å²) < 4.78 is 17.9. The van der Waals surface area contributed by atoms with Gasteiger partial charge in [0.1, 0.15) is 5.82 Å². The Balaban J connectivity index is 1.77. The molecule has 0 saturated carbocycles. The van der Waals surface area contributed by atoms with E-state index in [1.165, 1.54) is 18.0 Å². The lowest BCUT2D eigenvalue weighted by Crippen LogP contribution is -2.15. The molecule has 170 valence electrons. The monoisotopic (exact) mass is 477 g/mol. The summed E-state index contributed by atoms with van der Waals surface area (Å²) >= 11 is 7.12. The molecule has 2 heterocycles. The van der Waals surface area contributed by atoms with Crippen molar-refractivity contribution in [3.63, 3.8) is 0 Å². The number of nitrogens with one attached hydrogen (secondary N) is 1. The zero-order chi connectivity index (χ0) is 22.9. The lowest BCUT2D eigenvalue weighted by atomic mass is 10.2. The second-order valence-corrected chi connectivity index (χ2v) is 7.95. The van der Waals surface area contributed by atoms with E-state index in [0.29, 0.717) is 46.5 Å². The maximum Gasteiger partial charge on any atom is 0.236 e. The molecule has 0 saturated heterocycles. The third kappa shape index (κ3) is 6.12. The van der Waals surface area contributed by atoms with Crippen molar-refractivity contribution in [2.45, 2.75) is 18.1 Å². The highest BCUT2D eigenvalue weighted by Gasteiger charge is 2.17. The highest BCUT2D eigenvalue weighted by Crippen LogP contribution is 2.33. The van der Waals surface area contributed by atoms with Crippen LogP contribution in [0.1, 0.15) is 6.42 Å². The summed E-state index contributed by atoms with van der Waals surface area (Å²) in [5.41, 5.74) is 0.828. The number of carbonyl (C=O) groups excluding carboxylic acids is 1. The third-order valence-corrected chi connectivity index (χ3v) is 5.61. The van der Waals surface area contributed by atoms with Crippen LogP contribution in [0.15, 0.2) is 41.7 Å². The van der Waals surface area contributed by atoms with Crippen molar-refractivity contribution in [3.05, 3.63) is 41.6 Å². The highest BCUT2D eigenvalue weighted by atomic mass is 35.5. The first-order valence-corrected chi connectivity index (χ1v) is 11.1. The number of thioether (sulfide) groups is 1. The number of nitrogens with zero attached hydrogens (tertiary/aromatic N) is 4. The summed E-state index contributed by atoms with van der Waals surface area (Å²) in [6.45, 7) is 1.23. The molecule has 3 rings (SSSR count). The Kier molecular flexibility index (Phi) is 8.72. The Morgan fingerprint density at radius 2 is 1.94 bits per heavy atom. The molecule has 0 aliphatic carbocycles. The molecule has 1 aromatic carbocycles. The van der Waals surface area contributed by atoms with Gasteiger partial charge in [0.05, 0.1) is 25.0 Å². The molecule has 0 fully saturated rings. The van der Waals surface area contributed by atoms with Gasteiger partial charge in [-0.2, -0.15) is 0 Å². The minimum Gasteiger partial charge on any atom is -0.493 e. The molecule has 0 radical (unpaired) electrons. The molecular weight excluding hydrogens is 454 g/mol. The van der Waals surface area contributed by atoms with Gasteiger partial charge in [0.2, 0.25) is 5.91 Å². The van der Waals surface area contributed by atoms with Crippen molar-refractivity contribution in [1.82, 2.24) is 19.7 Å². The Labute approximate surface area is 195 Å². The lowest BCUT2D eigenvalue weighted by Gasteiger charge is -2.12. The van der Waals surface area contributed by atoms with Crippen LogP contribution in [-0.2, 0) is 16.1 Å². The number of methoxy groups -OCH3 is 3. The van der Waals surface area contributed by atoms with Crippen LogP contribution in [0.3, 0.4) is 0 Å². The quantitative estimate of drug-likeness (QED) is 0.329. The van der Waals surface area contributed by atoms with Gasteiger partial charge in [-0.25, -0.2) is 4.98 Å². The van der Waals surface area contributed by atoms with Gasteiger partial charge in [0, 0.05) is 32.0 Å². The molecule has 0 spiro atoms. The average Bonchev–Trinajstić information content (AvgIpc) is 3.21. The number of hydrogen-bond acceptors (Lipinski definition) is 8. The Bertz CT molecular complexity index is 1050. The summed E-state index contributed by atoms with van der Waals surface area (Å²) in [6, 6.07) is 8.88. The molecule has 1 amide bonds. The van der Waals surface area contributed by atoms with Crippen molar-refractivity contribution < 1.29 is 19.0 Å². The average molecular weight is 478 g/mol. The second kappa shape index (κ2) is 11.7. The normalized spacial score (nSPS) is 10.8. The minimum absolute atomic E-state index is 0.151. The second-order valence-electron chi connectivity index (χ2n) is 6.57. The molecule has 9 nitrogen and oxygen atoms in total. The Hall–Kier alpha value is -2.82. The first kappa shape index (κ1) is 23.8. The zero-order valence-electron chi connectivity index (χ0n) is 18.0. The van der Waals surface area contributed by atoms with Gasteiger partial charge in [-0.3, -0.25) is 4.79 Å². The Morgan fingerprint density at radius 1 is 1.12 bits per heavy atom. The van der Waals surface area contributed by atoms with E-state index >= 15 is 0 Å². The minimum atomic E-state index is -0.205. The van der Waals surface area contributed by atoms with E-state index in [9.17, 15) is 4.79 Å². The summed E-state index contributed by atoms with van der Waals surface area (Å²) in [5.74, 6) is 2.28. The van der Waals surface area contributed by atoms with Gasteiger partial charge in [0.15, 0.2) is 22.5 Å². The predicted molar refractivity (Wildman–Crippen MR) is 124 cm³/mol. The largest absolute Gasteiger partial charge is 0.493 e. The van der Waals surface area contributed by atoms with Crippen molar-refractivity contribution >= 4 is 35.1 Å². The molecule has 0 aliphatic rings. The van der Waals surface area contributed by atoms with Crippen molar-refractivity contribution in [1.29, 1.82) is 0 Å². The number of carbonyl (C=O) groups is 1. The fraction of sp³-hybridized carbons (Fsp3) is 0.333. The van der Waals surface area contributed by atoms with Crippen LogP contribution in [0.2, 0.25) is 5.02 Å². The molecule has 2 aromatic heterocycles. The summed E-state index contributed by atoms with van der Waals surface area (Å²) in [5, 5.41) is 12.5. The number of hydrogen-bond donors (Lipinski definition) is 1. The third-order valence-electron chi connectivity index (χ3n) is 4.42. The van der Waals surface area contributed by atoms with E-state index in [4.69, 9.17) is 25.8 Å². The van der Waals surface area contributed by atoms with Crippen molar-refractivity contribution in [2.75, 3.05) is 39.0 Å². The number of benzene rings is 1. The summed E-state index contributed by atoms with van der Waals surface area (Å²) in [6.07, 6.45) is 2.25. The molecule has 32 heavy (non-hydrogen) atoms. The van der Waals surface area contributed by atoms with Crippen LogP contribution in [-0.4, -0.2) is 59.3 Å². The summed E-state index contributed by atoms with van der Waals surface area (Å²) in [7, 11) is 4.83. The zero-order valence-corrected chi connectivity index (χ0v) is 19.6. The van der Waals surface area contributed by atoms with Crippen LogP contribution in [0.5, 0.6) is 11.5 Å². The standard InChI is InChI=1S/C21H24ClN5O4S/c1-29-10-4-9-27-20(14-5-7-16(30-2)17(11-14)31-3)25-26-21(27)32-13-19(28)24-18-8-6-15(22)12-23-18/h5-8,11-12H,4,9-10,13H2,1-3H3,(H,23,24,28). The van der Waals surface area contributed by atoms with E-state index < -0.39 is 0 Å². The van der Waals surface area contributed by atoms with Gasteiger partial charge < -0.3 is 24.1 Å². The Morgan fingerprint density at radius 3 is 2.62 bits per heavy atom. The molecule has 3 aromatic rings. The molecule has 0 bridgehead atoms. The number of rotatable bonds is 11. The lowest BCUT2D eigenvalue weighted by molar-refractivity contribution is -0.113. The molecule has 0 atom stereocenters. The van der Waals surface area contributed by atoms with E-state index in [1.807, 2.05) is 22.8 Å². The molecular formula is C21H24ClN5O4S. The van der Waals surface area contributed by atoms with Crippen LogP contribution in [0, 0.1) is 0 Å². The van der Waals surface area contributed by atoms with Gasteiger partial charge in [-0.05, 0) is 36.8 Å². The number of aromatic nitrogens is 4. The maximum absolute atomic E-state index is 12.4.